The summed E-state index contributed by atoms with van der Waals surface area (Å²) in [5.74, 6) is 0. The zero-order valence-electron chi connectivity index (χ0n) is 6.50. The first-order valence-corrected chi connectivity index (χ1v) is 3.98. The van der Waals surface area contributed by atoms with E-state index < -0.39 is 12.0 Å². The lowest BCUT2D eigenvalue weighted by atomic mass is 10.1. The Morgan fingerprint density at radius 2 is 1.64 bits per heavy atom. The van der Waals surface area contributed by atoms with Crippen LogP contribution in [-0.2, 0) is 4.74 Å². The van der Waals surface area contributed by atoms with Crippen LogP contribution in [-0.4, -0.2) is 16.8 Å². The topological polar surface area (TPSA) is 9.23 Å². The molecule has 0 spiro atoms. The van der Waals surface area contributed by atoms with E-state index in [-0.39, 0.29) is 4.83 Å². The van der Waals surface area contributed by atoms with Gasteiger partial charge in [0.15, 0.2) is 0 Å². The molecule has 0 aromatic rings. The Morgan fingerprint density at radius 3 is 1.73 bits per heavy atom. The van der Waals surface area contributed by atoms with E-state index in [1.165, 1.54) is 13.8 Å². The van der Waals surface area contributed by atoms with Gasteiger partial charge in [0.2, 0.25) is 0 Å². The van der Waals surface area contributed by atoms with E-state index in [0.717, 1.165) is 0 Å². The maximum Gasteiger partial charge on any atom is 0.523 e. The summed E-state index contributed by atoms with van der Waals surface area (Å²) in [5, 5.41) is 0. The van der Waals surface area contributed by atoms with E-state index in [4.69, 9.17) is 0 Å². The van der Waals surface area contributed by atoms with E-state index in [2.05, 4.69) is 20.7 Å². The second-order valence-electron chi connectivity index (χ2n) is 2.77. The fraction of sp³-hybridized carbons (Fsp3) is 1.00. The summed E-state index contributed by atoms with van der Waals surface area (Å²) in [6, 6.07) is 0. The lowest BCUT2D eigenvalue weighted by Crippen LogP contribution is -2.38. The molecule has 68 valence electrons. The summed E-state index contributed by atoms with van der Waals surface area (Å²) in [5.41, 5.74) is -1.22. The van der Waals surface area contributed by atoms with Crippen molar-refractivity contribution < 1.29 is 17.9 Å². The smallest absolute Gasteiger partial charge is 0.285 e. The van der Waals surface area contributed by atoms with Crippen LogP contribution in [0.1, 0.15) is 20.8 Å². The van der Waals surface area contributed by atoms with Crippen LogP contribution in [0.3, 0.4) is 0 Å². The van der Waals surface area contributed by atoms with Crippen LogP contribution in [0.4, 0.5) is 13.2 Å². The molecular formula is C6H10BrF3O. The van der Waals surface area contributed by atoms with Crippen molar-refractivity contribution in [2.75, 3.05) is 0 Å². The lowest BCUT2D eigenvalue weighted by Gasteiger charge is -2.28. The Balaban J connectivity index is 4.13. The zero-order chi connectivity index (χ0) is 9.28. The number of hydrogen-bond donors (Lipinski definition) is 0. The first-order valence-electron chi connectivity index (χ1n) is 3.06. The van der Waals surface area contributed by atoms with Crippen LogP contribution in [0, 0.1) is 0 Å². The molecule has 0 saturated heterocycles. The molecule has 0 heterocycles. The Labute approximate surface area is 72.0 Å². The van der Waals surface area contributed by atoms with Gasteiger partial charge in [-0.05, 0) is 20.8 Å². The van der Waals surface area contributed by atoms with Gasteiger partial charge in [-0.15, -0.1) is 13.2 Å². The van der Waals surface area contributed by atoms with Gasteiger partial charge in [0.05, 0.1) is 5.60 Å². The highest BCUT2D eigenvalue weighted by molar-refractivity contribution is 9.09. The molecule has 0 bridgehead atoms. The molecule has 0 radical (unpaired) electrons. The SMILES string of the molecule is CC(Br)C(C)(C)OC(F)(F)F. The molecule has 0 aromatic heterocycles. The van der Waals surface area contributed by atoms with Gasteiger partial charge in [0.1, 0.15) is 0 Å². The van der Waals surface area contributed by atoms with Crippen molar-refractivity contribution in [1.29, 1.82) is 0 Å². The number of alkyl halides is 4. The number of hydrogen-bond acceptors (Lipinski definition) is 1. The van der Waals surface area contributed by atoms with Gasteiger partial charge in [-0.2, -0.15) is 0 Å². The van der Waals surface area contributed by atoms with Crippen LogP contribution >= 0.6 is 15.9 Å². The van der Waals surface area contributed by atoms with Crippen LogP contribution in [0.2, 0.25) is 0 Å². The molecule has 0 rings (SSSR count). The number of halogens is 4. The number of rotatable bonds is 2. The molecule has 0 N–H and O–H groups in total. The third-order valence-corrected chi connectivity index (χ3v) is 2.44. The highest BCUT2D eigenvalue weighted by Gasteiger charge is 2.39. The summed E-state index contributed by atoms with van der Waals surface area (Å²) >= 11 is 3.02. The van der Waals surface area contributed by atoms with Crippen molar-refractivity contribution in [3.05, 3.63) is 0 Å². The fourth-order valence-corrected chi connectivity index (χ4v) is 0.473. The summed E-state index contributed by atoms with van der Waals surface area (Å²) in [6.45, 7) is 4.35. The standard InChI is InChI=1S/C6H10BrF3O/c1-4(7)5(2,3)11-6(8,9)10/h4H,1-3H3. The van der Waals surface area contributed by atoms with Crippen LogP contribution in [0.5, 0.6) is 0 Å². The largest absolute Gasteiger partial charge is 0.523 e. The Morgan fingerprint density at radius 1 is 1.27 bits per heavy atom. The maximum absolute atomic E-state index is 11.7. The molecule has 0 amide bonds. The van der Waals surface area contributed by atoms with Gasteiger partial charge in [0, 0.05) is 4.83 Å². The molecule has 0 aromatic carbocycles. The van der Waals surface area contributed by atoms with Crippen molar-refractivity contribution in [1.82, 2.24) is 0 Å². The average molecular weight is 235 g/mol. The van der Waals surface area contributed by atoms with Gasteiger partial charge in [-0.3, -0.25) is 4.74 Å². The average Bonchev–Trinajstić information content (AvgIpc) is 1.56. The molecule has 1 nitrogen and oxygen atoms in total. The normalized spacial score (nSPS) is 16.6. The van der Waals surface area contributed by atoms with Crippen molar-refractivity contribution in [3.63, 3.8) is 0 Å². The quantitative estimate of drug-likeness (QED) is 0.668. The Bertz CT molecular complexity index is 130. The predicted molar refractivity (Wildman–Crippen MR) is 39.6 cm³/mol. The number of ether oxygens (including phenoxy) is 1. The van der Waals surface area contributed by atoms with Crippen LogP contribution in [0.25, 0.3) is 0 Å². The predicted octanol–water partition coefficient (Wildman–Crippen LogP) is 3.08. The van der Waals surface area contributed by atoms with E-state index in [1.807, 2.05) is 0 Å². The van der Waals surface area contributed by atoms with Crippen molar-refractivity contribution in [2.24, 2.45) is 0 Å². The monoisotopic (exact) mass is 234 g/mol. The summed E-state index contributed by atoms with van der Waals surface area (Å²) in [6.07, 6.45) is -4.56. The van der Waals surface area contributed by atoms with Crippen molar-refractivity contribution in [3.8, 4) is 0 Å². The molecule has 0 aliphatic carbocycles. The fourth-order valence-electron chi connectivity index (χ4n) is 0.379. The minimum absolute atomic E-state index is 0.350. The highest BCUT2D eigenvalue weighted by atomic mass is 79.9. The van der Waals surface area contributed by atoms with E-state index in [1.54, 1.807) is 6.92 Å². The first-order chi connectivity index (χ1) is 4.65. The highest BCUT2D eigenvalue weighted by Crippen LogP contribution is 2.30. The Kier molecular flexibility index (Phi) is 3.38. The molecule has 1 unspecified atom stereocenters. The van der Waals surface area contributed by atoms with Gasteiger partial charge in [0.25, 0.3) is 0 Å². The molecule has 0 fully saturated rings. The molecule has 0 saturated carbocycles. The van der Waals surface area contributed by atoms with Crippen LogP contribution in [0.15, 0.2) is 0 Å². The third kappa shape index (κ3) is 4.63. The summed E-state index contributed by atoms with van der Waals surface area (Å²) < 4.78 is 38.8. The van der Waals surface area contributed by atoms with Crippen molar-refractivity contribution >= 4 is 15.9 Å². The third-order valence-electron chi connectivity index (χ3n) is 1.34. The first kappa shape index (κ1) is 11.2. The minimum Gasteiger partial charge on any atom is -0.285 e. The molecule has 1 atom stereocenters. The van der Waals surface area contributed by atoms with Crippen LogP contribution < -0.4 is 0 Å². The van der Waals surface area contributed by atoms with E-state index in [0.29, 0.717) is 0 Å². The van der Waals surface area contributed by atoms with Gasteiger partial charge < -0.3 is 0 Å². The second kappa shape index (κ2) is 3.31. The Hall–Kier alpha value is 0.230. The molecular weight excluding hydrogens is 225 g/mol. The van der Waals surface area contributed by atoms with Gasteiger partial charge >= 0.3 is 6.36 Å². The summed E-state index contributed by atoms with van der Waals surface area (Å²) in [4.78, 5) is -0.350. The maximum atomic E-state index is 11.7. The molecule has 11 heavy (non-hydrogen) atoms. The van der Waals surface area contributed by atoms with E-state index in [9.17, 15) is 13.2 Å². The minimum atomic E-state index is -4.56. The van der Waals surface area contributed by atoms with Gasteiger partial charge in [-0.1, -0.05) is 15.9 Å². The zero-order valence-corrected chi connectivity index (χ0v) is 8.08. The molecule has 5 heteroatoms. The van der Waals surface area contributed by atoms with Crippen molar-refractivity contribution in [2.45, 2.75) is 37.6 Å². The summed E-state index contributed by atoms with van der Waals surface area (Å²) in [7, 11) is 0. The van der Waals surface area contributed by atoms with Gasteiger partial charge in [-0.25, -0.2) is 0 Å². The lowest BCUT2D eigenvalue weighted by molar-refractivity contribution is -0.360. The van der Waals surface area contributed by atoms with E-state index >= 15 is 0 Å². The molecule has 0 aliphatic heterocycles. The second-order valence-corrected chi connectivity index (χ2v) is 4.14. The molecule has 0 aliphatic rings.